The third-order valence-electron chi connectivity index (χ3n) is 7.32. The summed E-state index contributed by atoms with van der Waals surface area (Å²) in [6.07, 6.45) is 6.35. The van der Waals surface area contributed by atoms with E-state index in [1.165, 1.54) is 12.8 Å². The molecule has 0 aliphatic carbocycles. The Hall–Kier alpha value is -3.73. The second-order valence-electron chi connectivity index (χ2n) is 10.4. The third-order valence-corrected chi connectivity index (χ3v) is 7.32. The molecule has 2 aromatic heterocycles. The molecule has 3 heterocycles. The quantitative estimate of drug-likeness (QED) is 0.235. The molecule has 0 saturated carbocycles. The first kappa shape index (κ1) is 25.9. The van der Waals surface area contributed by atoms with Crippen molar-refractivity contribution in [1.29, 1.82) is 0 Å². The normalized spacial score (nSPS) is 14.7. The van der Waals surface area contributed by atoms with Crippen LogP contribution in [0.25, 0.3) is 15.8 Å². The van der Waals surface area contributed by atoms with Gasteiger partial charge >= 0.3 is 0 Å². The predicted molar refractivity (Wildman–Crippen MR) is 149 cm³/mol. The van der Waals surface area contributed by atoms with Crippen molar-refractivity contribution in [3.63, 3.8) is 0 Å². The highest BCUT2D eigenvalue weighted by molar-refractivity contribution is 5.84. The van der Waals surface area contributed by atoms with Crippen LogP contribution < -0.4 is 4.74 Å². The van der Waals surface area contributed by atoms with Crippen LogP contribution in [0, 0.1) is 12.5 Å². The number of nitrogens with zero attached hydrogens (tertiary/aromatic N) is 5. The Morgan fingerprint density at radius 1 is 1.08 bits per heavy atom. The summed E-state index contributed by atoms with van der Waals surface area (Å²) in [5, 5.41) is 5.59. The molecule has 4 aromatic rings. The van der Waals surface area contributed by atoms with Crippen LogP contribution >= 0.6 is 0 Å². The van der Waals surface area contributed by atoms with Crippen molar-refractivity contribution in [3.05, 3.63) is 94.7 Å². The maximum Gasteiger partial charge on any atom is 0.187 e. The number of piperidine rings is 1. The topological polar surface area (TPSA) is 59.0 Å². The lowest BCUT2D eigenvalue weighted by molar-refractivity contribution is 0.170. The van der Waals surface area contributed by atoms with E-state index in [4.69, 9.17) is 15.8 Å². The molecule has 5 rings (SSSR count). The van der Waals surface area contributed by atoms with Gasteiger partial charge in [-0.05, 0) is 88.6 Å². The number of aryl methyl sites for hydroxylation is 1. The molecule has 1 aliphatic heterocycles. The fourth-order valence-corrected chi connectivity index (χ4v) is 5.20. The molecule has 0 N–H and O–H groups in total. The average molecular weight is 510 g/mol. The first-order valence-electron chi connectivity index (χ1n) is 13.4. The summed E-state index contributed by atoms with van der Waals surface area (Å²) in [4.78, 5) is 12.6. The van der Waals surface area contributed by atoms with Gasteiger partial charge in [-0.1, -0.05) is 35.5 Å². The van der Waals surface area contributed by atoms with Crippen LogP contribution in [-0.4, -0.2) is 47.1 Å². The van der Waals surface area contributed by atoms with Gasteiger partial charge in [-0.3, -0.25) is 9.88 Å². The van der Waals surface area contributed by atoms with Crippen molar-refractivity contribution in [2.24, 2.45) is 5.92 Å². The van der Waals surface area contributed by atoms with Crippen LogP contribution in [0.1, 0.15) is 41.8 Å². The smallest absolute Gasteiger partial charge is 0.187 e. The molecule has 0 unspecified atom stereocenters. The molecular formula is C31H35N5O2. The highest BCUT2D eigenvalue weighted by Gasteiger charge is 2.22. The highest BCUT2D eigenvalue weighted by Crippen LogP contribution is 2.33. The summed E-state index contributed by atoms with van der Waals surface area (Å²) in [6.45, 7) is 11.4. The molecule has 1 saturated heterocycles. The van der Waals surface area contributed by atoms with Crippen molar-refractivity contribution in [2.45, 2.75) is 45.4 Å². The van der Waals surface area contributed by atoms with E-state index in [1.54, 1.807) is 0 Å². The van der Waals surface area contributed by atoms with E-state index in [9.17, 15) is 0 Å². The number of hydrogen-bond donors (Lipinski definition) is 0. The maximum atomic E-state index is 7.13. The number of benzene rings is 2. The monoisotopic (exact) mass is 509 g/mol. The summed E-state index contributed by atoms with van der Waals surface area (Å²) in [6, 6.07) is 17.8. The van der Waals surface area contributed by atoms with Gasteiger partial charge in [0.25, 0.3) is 0 Å². The fraction of sp³-hybridized carbons (Fsp3) is 0.387. The SMILES string of the molecule is [C-]#[N+]c1ccc(COc2ccc3c(CCC4CCN(Cc5ccccn5)CC4)noc3c2CN(C)C)cc1. The molecule has 38 heavy (non-hydrogen) atoms. The lowest BCUT2D eigenvalue weighted by atomic mass is 9.91. The zero-order valence-electron chi connectivity index (χ0n) is 22.3. The molecule has 2 aromatic carbocycles. The number of hydrogen-bond acceptors (Lipinski definition) is 6. The molecule has 7 nitrogen and oxygen atoms in total. The summed E-state index contributed by atoms with van der Waals surface area (Å²) in [5.74, 6) is 1.52. The number of fused-ring (bicyclic) bond motifs is 1. The van der Waals surface area contributed by atoms with Crippen molar-refractivity contribution >= 4 is 16.7 Å². The van der Waals surface area contributed by atoms with E-state index in [1.807, 2.05) is 56.7 Å². The number of aromatic nitrogens is 2. The van der Waals surface area contributed by atoms with Gasteiger partial charge in [-0.2, -0.15) is 0 Å². The Morgan fingerprint density at radius 3 is 2.61 bits per heavy atom. The zero-order chi connectivity index (χ0) is 26.3. The molecule has 0 amide bonds. The van der Waals surface area contributed by atoms with Gasteiger partial charge in [0, 0.05) is 24.7 Å². The summed E-state index contributed by atoms with van der Waals surface area (Å²) >= 11 is 0. The van der Waals surface area contributed by atoms with Gasteiger partial charge in [0.05, 0.1) is 23.5 Å². The predicted octanol–water partition coefficient (Wildman–Crippen LogP) is 6.26. The first-order chi connectivity index (χ1) is 18.6. The Kier molecular flexibility index (Phi) is 8.32. The highest BCUT2D eigenvalue weighted by atomic mass is 16.5. The minimum Gasteiger partial charge on any atom is -0.488 e. The molecule has 0 atom stereocenters. The van der Waals surface area contributed by atoms with Crippen LogP contribution in [0.5, 0.6) is 5.75 Å². The lowest BCUT2D eigenvalue weighted by Crippen LogP contribution is -2.33. The van der Waals surface area contributed by atoms with Crippen LogP contribution in [0.2, 0.25) is 0 Å². The van der Waals surface area contributed by atoms with Crippen molar-refractivity contribution in [2.75, 3.05) is 27.2 Å². The molecule has 0 spiro atoms. The van der Waals surface area contributed by atoms with Crippen LogP contribution in [0.3, 0.4) is 0 Å². The molecule has 1 fully saturated rings. The molecule has 0 radical (unpaired) electrons. The van der Waals surface area contributed by atoms with E-state index in [-0.39, 0.29) is 0 Å². The van der Waals surface area contributed by atoms with E-state index in [2.05, 4.69) is 43.0 Å². The number of ether oxygens (including phenoxy) is 1. The number of likely N-dealkylation sites (tertiary alicyclic amines) is 1. The lowest BCUT2D eigenvalue weighted by Gasteiger charge is -2.31. The molecule has 7 heteroatoms. The summed E-state index contributed by atoms with van der Waals surface area (Å²) in [5.41, 5.74) is 5.68. The van der Waals surface area contributed by atoms with E-state index in [0.29, 0.717) is 24.8 Å². The van der Waals surface area contributed by atoms with Crippen molar-refractivity contribution < 1.29 is 9.26 Å². The Bertz CT molecular complexity index is 1370. The standard InChI is InChI=1S/C31H35N5O2/c1-32-25-10-7-24(8-11-25)22-37-30-14-12-27-29(34-38-31(27)28(30)21-35(2)3)13-9-23-15-18-36(19-16-23)20-26-6-4-5-17-33-26/h4-8,10-12,14,17,23H,9,13,15-16,18-22H2,2-3H3. The van der Waals surface area contributed by atoms with E-state index < -0.39 is 0 Å². The number of rotatable bonds is 10. The zero-order valence-corrected chi connectivity index (χ0v) is 22.3. The van der Waals surface area contributed by atoms with Gasteiger partial charge in [-0.25, -0.2) is 4.85 Å². The Labute approximate surface area is 224 Å². The second kappa shape index (κ2) is 12.2. The minimum absolute atomic E-state index is 0.435. The van der Waals surface area contributed by atoms with Crippen LogP contribution in [0.15, 0.2) is 65.3 Å². The molecule has 0 bridgehead atoms. The Morgan fingerprint density at radius 2 is 1.89 bits per heavy atom. The third kappa shape index (κ3) is 6.39. The van der Waals surface area contributed by atoms with Crippen LogP contribution in [-0.2, 0) is 26.1 Å². The minimum atomic E-state index is 0.435. The van der Waals surface area contributed by atoms with Gasteiger partial charge in [0.1, 0.15) is 12.4 Å². The fourth-order valence-electron chi connectivity index (χ4n) is 5.20. The molecule has 196 valence electrons. The second-order valence-corrected chi connectivity index (χ2v) is 10.4. The van der Waals surface area contributed by atoms with Crippen molar-refractivity contribution in [1.82, 2.24) is 19.9 Å². The van der Waals surface area contributed by atoms with Gasteiger partial charge < -0.3 is 14.2 Å². The van der Waals surface area contributed by atoms with E-state index in [0.717, 1.165) is 71.7 Å². The average Bonchev–Trinajstić information content (AvgIpc) is 3.36. The van der Waals surface area contributed by atoms with Gasteiger partial charge in [0.15, 0.2) is 11.3 Å². The Balaban J connectivity index is 1.22. The molecule has 1 aliphatic rings. The largest absolute Gasteiger partial charge is 0.488 e. The van der Waals surface area contributed by atoms with Crippen LogP contribution in [0.4, 0.5) is 5.69 Å². The van der Waals surface area contributed by atoms with Gasteiger partial charge in [-0.15, -0.1) is 0 Å². The molecular weight excluding hydrogens is 474 g/mol. The maximum absolute atomic E-state index is 7.13. The van der Waals surface area contributed by atoms with E-state index >= 15 is 0 Å². The van der Waals surface area contributed by atoms with Gasteiger partial charge in [0.2, 0.25) is 0 Å². The summed E-state index contributed by atoms with van der Waals surface area (Å²) < 4.78 is 12.1. The summed E-state index contributed by atoms with van der Waals surface area (Å²) in [7, 11) is 4.09. The van der Waals surface area contributed by atoms with Crippen molar-refractivity contribution in [3.8, 4) is 5.75 Å². The first-order valence-corrected chi connectivity index (χ1v) is 13.4. The number of pyridine rings is 1.